The molecule has 0 saturated heterocycles. The van der Waals surface area contributed by atoms with Crippen LogP contribution in [0.5, 0.6) is 5.75 Å². The van der Waals surface area contributed by atoms with Crippen LogP contribution in [0.4, 0.5) is 8.78 Å². The third-order valence-corrected chi connectivity index (χ3v) is 2.85. The van der Waals surface area contributed by atoms with Crippen molar-refractivity contribution >= 4 is 15.9 Å². The molecule has 0 fully saturated rings. The van der Waals surface area contributed by atoms with Crippen LogP contribution in [0.25, 0.3) is 0 Å². The van der Waals surface area contributed by atoms with Gasteiger partial charge in [-0.05, 0) is 37.2 Å². The van der Waals surface area contributed by atoms with Crippen LogP contribution in [0.3, 0.4) is 0 Å². The summed E-state index contributed by atoms with van der Waals surface area (Å²) in [5.41, 5.74) is 0.761. The maximum atomic E-state index is 12.6. The van der Waals surface area contributed by atoms with Crippen molar-refractivity contribution in [1.82, 2.24) is 5.32 Å². The molecule has 0 spiro atoms. The molecule has 1 aromatic carbocycles. The molecule has 0 saturated carbocycles. The first kappa shape index (κ1) is 13.4. The highest BCUT2D eigenvalue weighted by molar-refractivity contribution is 9.10. The van der Waals surface area contributed by atoms with E-state index in [4.69, 9.17) is 4.74 Å². The van der Waals surface area contributed by atoms with Crippen LogP contribution >= 0.6 is 15.9 Å². The Kier molecular flexibility index (Phi) is 5.15. The summed E-state index contributed by atoms with van der Waals surface area (Å²) in [6.07, 6.45) is -2.16. The van der Waals surface area contributed by atoms with Crippen molar-refractivity contribution in [3.05, 3.63) is 28.2 Å². The van der Waals surface area contributed by atoms with Gasteiger partial charge in [0.2, 0.25) is 0 Å². The van der Waals surface area contributed by atoms with E-state index in [9.17, 15) is 8.78 Å². The molecule has 2 nitrogen and oxygen atoms in total. The molecule has 0 aliphatic carbocycles. The second-order valence-corrected chi connectivity index (χ2v) is 4.31. The lowest BCUT2D eigenvalue weighted by molar-refractivity contribution is 0.102. The van der Waals surface area contributed by atoms with Crippen LogP contribution in [-0.2, 0) is 6.42 Å². The standard InChI is InChI=1S/C11H14BrF2NO/c1-15-9(11(13)14)6-7-5-8(12)3-4-10(7)16-2/h3-5,9,11,15H,6H2,1-2H3. The van der Waals surface area contributed by atoms with Gasteiger partial charge in [-0.3, -0.25) is 0 Å². The molecule has 1 rings (SSSR count). The number of hydrogen-bond donors (Lipinski definition) is 1. The maximum Gasteiger partial charge on any atom is 0.254 e. The number of likely N-dealkylation sites (N-methyl/N-ethyl adjacent to an activating group) is 1. The topological polar surface area (TPSA) is 21.3 Å². The summed E-state index contributed by atoms with van der Waals surface area (Å²) in [6, 6.07) is 4.52. The highest BCUT2D eigenvalue weighted by Crippen LogP contribution is 2.25. The Morgan fingerprint density at radius 3 is 2.62 bits per heavy atom. The quantitative estimate of drug-likeness (QED) is 0.901. The highest BCUT2D eigenvalue weighted by Gasteiger charge is 2.20. The monoisotopic (exact) mass is 293 g/mol. The predicted octanol–water partition coefficient (Wildman–Crippen LogP) is 2.85. The number of halogens is 3. The van der Waals surface area contributed by atoms with E-state index in [1.54, 1.807) is 12.1 Å². The largest absolute Gasteiger partial charge is 0.496 e. The first-order valence-electron chi connectivity index (χ1n) is 4.86. The van der Waals surface area contributed by atoms with Gasteiger partial charge in [0, 0.05) is 4.47 Å². The molecule has 0 amide bonds. The van der Waals surface area contributed by atoms with Gasteiger partial charge in [0.15, 0.2) is 0 Å². The Bertz CT molecular complexity index is 347. The summed E-state index contributed by atoms with van der Waals surface area (Å²) in [6.45, 7) is 0. The Hall–Kier alpha value is -0.680. The molecular formula is C11H14BrF2NO. The van der Waals surface area contributed by atoms with Gasteiger partial charge in [-0.1, -0.05) is 15.9 Å². The number of nitrogens with one attached hydrogen (secondary N) is 1. The summed E-state index contributed by atoms with van der Waals surface area (Å²) < 4.78 is 31.2. The fraction of sp³-hybridized carbons (Fsp3) is 0.455. The molecule has 90 valence electrons. The number of rotatable bonds is 5. The summed E-state index contributed by atoms with van der Waals surface area (Å²) in [4.78, 5) is 0. The number of methoxy groups -OCH3 is 1. The normalized spacial score (nSPS) is 12.9. The van der Waals surface area contributed by atoms with Crippen molar-refractivity contribution in [1.29, 1.82) is 0 Å². The lowest BCUT2D eigenvalue weighted by Gasteiger charge is -2.17. The van der Waals surface area contributed by atoms with Gasteiger partial charge in [-0.2, -0.15) is 0 Å². The summed E-state index contributed by atoms with van der Waals surface area (Å²) in [5, 5.41) is 2.60. The van der Waals surface area contributed by atoms with E-state index in [1.807, 2.05) is 6.07 Å². The molecule has 1 unspecified atom stereocenters. The minimum absolute atomic E-state index is 0.233. The zero-order valence-electron chi connectivity index (χ0n) is 9.14. The molecule has 16 heavy (non-hydrogen) atoms. The SMILES string of the molecule is CNC(Cc1cc(Br)ccc1OC)C(F)F. The second-order valence-electron chi connectivity index (χ2n) is 3.39. The summed E-state index contributed by atoms with van der Waals surface area (Å²) in [5.74, 6) is 0.629. The van der Waals surface area contributed by atoms with Crippen LogP contribution < -0.4 is 10.1 Å². The number of ether oxygens (including phenoxy) is 1. The number of alkyl halides is 2. The Morgan fingerprint density at radius 1 is 1.44 bits per heavy atom. The molecule has 0 aliphatic heterocycles. The fourth-order valence-corrected chi connectivity index (χ4v) is 1.87. The van der Waals surface area contributed by atoms with Crippen LogP contribution in [0.1, 0.15) is 5.56 Å². The first-order chi connectivity index (χ1) is 7.58. The molecule has 0 bridgehead atoms. The van der Waals surface area contributed by atoms with Crippen molar-refractivity contribution in [2.45, 2.75) is 18.9 Å². The van der Waals surface area contributed by atoms with Crippen LogP contribution in [-0.4, -0.2) is 26.6 Å². The zero-order valence-corrected chi connectivity index (χ0v) is 10.7. The molecular weight excluding hydrogens is 280 g/mol. The molecule has 1 N–H and O–H groups in total. The van der Waals surface area contributed by atoms with Crippen molar-refractivity contribution in [2.24, 2.45) is 0 Å². The molecule has 0 radical (unpaired) electrons. The van der Waals surface area contributed by atoms with Gasteiger partial charge in [0.25, 0.3) is 6.43 Å². The average molecular weight is 294 g/mol. The molecule has 5 heteroatoms. The summed E-state index contributed by atoms with van der Waals surface area (Å²) >= 11 is 3.31. The molecule has 0 aromatic heterocycles. The van der Waals surface area contributed by atoms with Gasteiger partial charge in [-0.15, -0.1) is 0 Å². The van der Waals surface area contributed by atoms with E-state index >= 15 is 0 Å². The highest BCUT2D eigenvalue weighted by atomic mass is 79.9. The first-order valence-corrected chi connectivity index (χ1v) is 5.65. The Balaban J connectivity index is 2.89. The lowest BCUT2D eigenvalue weighted by Crippen LogP contribution is -2.34. The van der Waals surface area contributed by atoms with E-state index in [0.29, 0.717) is 5.75 Å². The Morgan fingerprint density at radius 2 is 2.12 bits per heavy atom. The lowest BCUT2D eigenvalue weighted by atomic mass is 10.1. The zero-order chi connectivity index (χ0) is 12.1. The average Bonchev–Trinajstić information content (AvgIpc) is 2.25. The van der Waals surface area contributed by atoms with Crippen molar-refractivity contribution in [3.8, 4) is 5.75 Å². The van der Waals surface area contributed by atoms with Crippen LogP contribution in [0.2, 0.25) is 0 Å². The predicted molar refractivity (Wildman–Crippen MR) is 63.2 cm³/mol. The molecule has 1 atom stereocenters. The molecule has 1 aromatic rings. The second kappa shape index (κ2) is 6.15. The number of hydrogen-bond acceptors (Lipinski definition) is 2. The van der Waals surface area contributed by atoms with Gasteiger partial charge in [0.1, 0.15) is 5.75 Å². The van der Waals surface area contributed by atoms with E-state index in [1.165, 1.54) is 14.2 Å². The smallest absolute Gasteiger partial charge is 0.254 e. The van der Waals surface area contributed by atoms with E-state index < -0.39 is 12.5 Å². The van der Waals surface area contributed by atoms with Gasteiger partial charge in [0.05, 0.1) is 13.2 Å². The van der Waals surface area contributed by atoms with Crippen LogP contribution in [0.15, 0.2) is 22.7 Å². The third kappa shape index (κ3) is 3.42. The third-order valence-electron chi connectivity index (χ3n) is 2.36. The minimum Gasteiger partial charge on any atom is -0.496 e. The van der Waals surface area contributed by atoms with E-state index in [2.05, 4.69) is 21.2 Å². The number of benzene rings is 1. The summed E-state index contributed by atoms with van der Waals surface area (Å²) in [7, 11) is 3.06. The van der Waals surface area contributed by atoms with E-state index in [-0.39, 0.29) is 6.42 Å². The van der Waals surface area contributed by atoms with Gasteiger partial charge < -0.3 is 10.1 Å². The van der Waals surface area contributed by atoms with E-state index in [0.717, 1.165) is 10.0 Å². The van der Waals surface area contributed by atoms with Crippen molar-refractivity contribution < 1.29 is 13.5 Å². The molecule has 0 aliphatic rings. The molecule has 0 heterocycles. The van der Waals surface area contributed by atoms with Crippen molar-refractivity contribution in [3.63, 3.8) is 0 Å². The van der Waals surface area contributed by atoms with Gasteiger partial charge in [-0.25, -0.2) is 8.78 Å². The maximum absolute atomic E-state index is 12.6. The van der Waals surface area contributed by atoms with Gasteiger partial charge >= 0.3 is 0 Å². The Labute approximate surface area is 102 Å². The minimum atomic E-state index is -2.39. The van der Waals surface area contributed by atoms with Crippen molar-refractivity contribution in [2.75, 3.05) is 14.2 Å². The van der Waals surface area contributed by atoms with Crippen LogP contribution in [0, 0.1) is 0 Å². The fourth-order valence-electron chi connectivity index (χ4n) is 1.46.